The molecule has 1 nitrogen and oxygen atoms in total. The van der Waals surface area contributed by atoms with Crippen molar-refractivity contribution in [1.29, 1.82) is 0 Å². The molecule has 0 amide bonds. The smallest absolute Gasteiger partial charge is 0.0568 e. The van der Waals surface area contributed by atoms with E-state index in [0.717, 1.165) is 12.3 Å². The molecule has 0 unspecified atom stereocenters. The van der Waals surface area contributed by atoms with Crippen molar-refractivity contribution in [1.82, 2.24) is 0 Å². The molecule has 1 heteroatoms. The minimum absolute atomic E-state index is 0.0151. The molecule has 0 spiro atoms. The van der Waals surface area contributed by atoms with Crippen molar-refractivity contribution < 1.29 is 5.11 Å². The van der Waals surface area contributed by atoms with E-state index in [-0.39, 0.29) is 6.10 Å². The summed E-state index contributed by atoms with van der Waals surface area (Å²) in [7, 11) is 0. The number of aliphatic hydroxyl groups is 1. The quantitative estimate of drug-likeness (QED) is 0.595. The van der Waals surface area contributed by atoms with Crippen LogP contribution in [-0.4, -0.2) is 11.2 Å². The summed E-state index contributed by atoms with van der Waals surface area (Å²) < 4.78 is 0. The fraction of sp³-hybridized carbons (Fsp3) is 1.00. The van der Waals surface area contributed by atoms with E-state index in [0.29, 0.717) is 5.92 Å². The standard InChI is InChI=1S/C9H18O/c1-3-8-5-4-7(2)9(10)6-8/h7-10H,3-6H2,1-2H3/t7-,8-,9-/m1/s1. The zero-order valence-electron chi connectivity index (χ0n) is 7.01. The Morgan fingerprint density at radius 1 is 1.40 bits per heavy atom. The Morgan fingerprint density at radius 2 is 2.10 bits per heavy atom. The SMILES string of the molecule is CC[C@@H]1CC[C@@H](C)[C@H](O)C1. The molecule has 0 aliphatic heterocycles. The van der Waals surface area contributed by atoms with E-state index in [2.05, 4.69) is 13.8 Å². The molecule has 0 radical (unpaired) electrons. The third-order valence-corrected chi connectivity index (χ3v) is 2.84. The molecule has 1 aliphatic rings. The highest BCUT2D eigenvalue weighted by Gasteiger charge is 2.24. The van der Waals surface area contributed by atoms with Crippen molar-refractivity contribution >= 4 is 0 Å². The highest BCUT2D eigenvalue weighted by atomic mass is 16.3. The van der Waals surface area contributed by atoms with E-state index in [1.165, 1.54) is 19.3 Å². The Kier molecular flexibility index (Phi) is 2.72. The predicted molar refractivity (Wildman–Crippen MR) is 42.8 cm³/mol. The molecule has 0 bridgehead atoms. The van der Waals surface area contributed by atoms with Crippen LogP contribution in [0.4, 0.5) is 0 Å². The molecule has 1 rings (SSSR count). The summed E-state index contributed by atoms with van der Waals surface area (Å²) in [5.74, 6) is 1.34. The van der Waals surface area contributed by atoms with Gasteiger partial charge in [-0.2, -0.15) is 0 Å². The normalized spacial score (nSPS) is 41.7. The van der Waals surface area contributed by atoms with Crippen molar-refractivity contribution in [3.63, 3.8) is 0 Å². The fourth-order valence-corrected chi connectivity index (χ4v) is 1.75. The zero-order chi connectivity index (χ0) is 7.56. The largest absolute Gasteiger partial charge is 0.393 e. The number of hydrogen-bond acceptors (Lipinski definition) is 1. The summed E-state index contributed by atoms with van der Waals surface area (Å²) in [6.07, 6.45) is 4.81. The van der Waals surface area contributed by atoms with Gasteiger partial charge in [-0.3, -0.25) is 0 Å². The lowest BCUT2D eigenvalue weighted by atomic mass is 9.80. The van der Waals surface area contributed by atoms with Gasteiger partial charge < -0.3 is 5.11 Å². The Labute approximate surface area is 63.4 Å². The van der Waals surface area contributed by atoms with E-state index in [1.807, 2.05) is 0 Å². The summed E-state index contributed by atoms with van der Waals surface area (Å²) in [5, 5.41) is 9.48. The summed E-state index contributed by atoms with van der Waals surface area (Å²) in [6, 6.07) is 0. The number of rotatable bonds is 1. The van der Waals surface area contributed by atoms with E-state index in [4.69, 9.17) is 0 Å². The van der Waals surface area contributed by atoms with Crippen LogP contribution in [0, 0.1) is 11.8 Å². The van der Waals surface area contributed by atoms with Gasteiger partial charge in [-0.05, 0) is 24.7 Å². The number of aliphatic hydroxyl groups excluding tert-OH is 1. The summed E-state index contributed by atoms with van der Waals surface area (Å²) in [5.41, 5.74) is 0. The maximum Gasteiger partial charge on any atom is 0.0568 e. The second-order valence-corrected chi connectivity index (χ2v) is 3.63. The molecular weight excluding hydrogens is 124 g/mol. The fourth-order valence-electron chi connectivity index (χ4n) is 1.75. The first-order valence-electron chi connectivity index (χ1n) is 4.42. The van der Waals surface area contributed by atoms with Gasteiger partial charge in [0.25, 0.3) is 0 Å². The molecule has 1 saturated carbocycles. The molecule has 0 saturated heterocycles. The predicted octanol–water partition coefficient (Wildman–Crippen LogP) is 2.19. The molecule has 1 fully saturated rings. The zero-order valence-corrected chi connectivity index (χ0v) is 7.01. The average molecular weight is 142 g/mol. The highest BCUT2D eigenvalue weighted by molar-refractivity contribution is 4.76. The van der Waals surface area contributed by atoms with Gasteiger partial charge in [0, 0.05) is 0 Å². The average Bonchev–Trinajstić information content (AvgIpc) is 1.95. The van der Waals surface area contributed by atoms with Gasteiger partial charge >= 0.3 is 0 Å². The first kappa shape index (κ1) is 8.06. The summed E-state index contributed by atoms with van der Waals surface area (Å²) in [6.45, 7) is 4.36. The van der Waals surface area contributed by atoms with Gasteiger partial charge in [-0.15, -0.1) is 0 Å². The molecule has 60 valence electrons. The van der Waals surface area contributed by atoms with E-state index in [1.54, 1.807) is 0 Å². The Bertz CT molecular complexity index is 101. The Balaban J connectivity index is 2.33. The molecule has 0 aromatic heterocycles. The molecule has 1 N–H and O–H groups in total. The lowest BCUT2D eigenvalue weighted by molar-refractivity contribution is 0.0524. The van der Waals surface area contributed by atoms with Crippen LogP contribution in [0.3, 0.4) is 0 Å². The maximum absolute atomic E-state index is 9.48. The lowest BCUT2D eigenvalue weighted by Gasteiger charge is -2.30. The first-order chi connectivity index (χ1) is 4.74. The number of hydrogen-bond donors (Lipinski definition) is 1. The topological polar surface area (TPSA) is 20.2 Å². The molecule has 10 heavy (non-hydrogen) atoms. The molecular formula is C9H18O. The van der Waals surface area contributed by atoms with Crippen LogP contribution in [0.5, 0.6) is 0 Å². The van der Waals surface area contributed by atoms with Crippen LogP contribution in [0.2, 0.25) is 0 Å². The van der Waals surface area contributed by atoms with Crippen LogP contribution in [0.15, 0.2) is 0 Å². The van der Waals surface area contributed by atoms with Crippen LogP contribution in [-0.2, 0) is 0 Å². The van der Waals surface area contributed by atoms with Gasteiger partial charge in [0.2, 0.25) is 0 Å². The molecule has 1 aliphatic carbocycles. The van der Waals surface area contributed by atoms with Crippen LogP contribution >= 0.6 is 0 Å². The minimum atomic E-state index is -0.0151. The first-order valence-corrected chi connectivity index (χ1v) is 4.42. The van der Waals surface area contributed by atoms with Crippen molar-refractivity contribution in [2.24, 2.45) is 11.8 Å². The van der Waals surface area contributed by atoms with E-state index < -0.39 is 0 Å². The van der Waals surface area contributed by atoms with Crippen LogP contribution in [0.1, 0.15) is 39.5 Å². The second kappa shape index (κ2) is 3.38. The van der Waals surface area contributed by atoms with Gasteiger partial charge in [0.1, 0.15) is 0 Å². The lowest BCUT2D eigenvalue weighted by Crippen LogP contribution is -2.26. The minimum Gasteiger partial charge on any atom is -0.393 e. The molecule has 0 heterocycles. The van der Waals surface area contributed by atoms with Gasteiger partial charge in [-0.25, -0.2) is 0 Å². The van der Waals surface area contributed by atoms with Crippen LogP contribution in [0.25, 0.3) is 0 Å². The van der Waals surface area contributed by atoms with E-state index in [9.17, 15) is 5.11 Å². The molecule has 0 aromatic carbocycles. The summed E-state index contributed by atoms with van der Waals surface area (Å²) >= 11 is 0. The summed E-state index contributed by atoms with van der Waals surface area (Å²) in [4.78, 5) is 0. The van der Waals surface area contributed by atoms with Gasteiger partial charge in [0.05, 0.1) is 6.10 Å². The van der Waals surface area contributed by atoms with Crippen molar-refractivity contribution in [2.75, 3.05) is 0 Å². The molecule has 0 aromatic rings. The van der Waals surface area contributed by atoms with Crippen molar-refractivity contribution in [2.45, 2.75) is 45.6 Å². The van der Waals surface area contributed by atoms with Crippen molar-refractivity contribution in [3.05, 3.63) is 0 Å². The van der Waals surface area contributed by atoms with Gasteiger partial charge in [0.15, 0.2) is 0 Å². The third-order valence-electron chi connectivity index (χ3n) is 2.84. The van der Waals surface area contributed by atoms with Crippen molar-refractivity contribution in [3.8, 4) is 0 Å². The molecule has 3 atom stereocenters. The third kappa shape index (κ3) is 1.72. The van der Waals surface area contributed by atoms with E-state index >= 15 is 0 Å². The second-order valence-electron chi connectivity index (χ2n) is 3.63. The van der Waals surface area contributed by atoms with Gasteiger partial charge in [-0.1, -0.05) is 26.7 Å². The maximum atomic E-state index is 9.48. The Hall–Kier alpha value is -0.0400. The highest BCUT2D eigenvalue weighted by Crippen LogP contribution is 2.30. The van der Waals surface area contributed by atoms with Crippen LogP contribution < -0.4 is 0 Å². The monoisotopic (exact) mass is 142 g/mol. The Morgan fingerprint density at radius 3 is 2.60 bits per heavy atom.